The average molecular weight is 1330 g/mol. The molecule has 0 saturated carbocycles. The maximum atomic E-state index is 13.0. The monoisotopic (exact) mass is 1320 g/mol. The average Bonchev–Trinajstić information content (AvgIpc) is 2.46. The zero-order chi connectivity index (χ0) is 66.6. The van der Waals surface area contributed by atoms with E-state index in [4.69, 9.17) is 37.0 Å². The van der Waals surface area contributed by atoms with Gasteiger partial charge in [0.25, 0.3) is 0 Å². The van der Waals surface area contributed by atoms with Gasteiger partial charge >= 0.3 is 39.5 Å². The molecule has 0 radical (unpaired) electrons. The van der Waals surface area contributed by atoms with Crippen molar-refractivity contribution < 1.29 is 80.2 Å². The van der Waals surface area contributed by atoms with Crippen LogP contribution in [0.4, 0.5) is 0 Å². The molecule has 0 aliphatic carbocycles. The molecule has 19 heteroatoms. The van der Waals surface area contributed by atoms with Crippen molar-refractivity contribution in [3.8, 4) is 0 Å². The first kappa shape index (κ1) is 88.1. The summed E-state index contributed by atoms with van der Waals surface area (Å²) in [5.74, 6) is 0.145. The molecule has 0 fully saturated rings. The number of hydrogen-bond donors (Lipinski definition) is 3. The van der Waals surface area contributed by atoms with Crippen molar-refractivity contribution >= 4 is 39.5 Å². The summed E-state index contributed by atoms with van der Waals surface area (Å²) in [7, 11) is -9.90. The number of carbonyl (C=O) groups excluding carboxylic acids is 4. The van der Waals surface area contributed by atoms with Gasteiger partial charge in [-0.15, -0.1) is 0 Å². The van der Waals surface area contributed by atoms with Crippen molar-refractivity contribution in [2.24, 2.45) is 17.8 Å². The first-order chi connectivity index (χ1) is 43.3. The molecule has 0 aromatic rings. The van der Waals surface area contributed by atoms with Crippen LogP contribution in [0.1, 0.15) is 357 Å². The molecule has 0 aliphatic heterocycles. The van der Waals surface area contributed by atoms with Gasteiger partial charge in [0.15, 0.2) is 12.2 Å². The first-order valence-electron chi connectivity index (χ1n) is 36.9. The highest BCUT2D eigenvalue weighted by atomic mass is 31.2. The molecule has 0 rings (SSSR count). The number of aliphatic hydroxyl groups is 1. The Morgan fingerprint density at radius 3 is 0.844 bits per heavy atom. The predicted octanol–water partition coefficient (Wildman–Crippen LogP) is 20.2. The van der Waals surface area contributed by atoms with Crippen molar-refractivity contribution in [2.75, 3.05) is 39.6 Å². The topological polar surface area (TPSA) is 237 Å². The highest BCUT2D eigenvalue weighted by Crippen LogP contribution is 2.45. The molecule has 90 heavy (non-hydrogen) atoms. The number of rotatable bonds is 69. The van der Waals surface area contributed by atoms with Crippen LogP contribution in [0.25, 0.3) is 0 Å². The van der Waals surface area contributed by atoms with E-state index in [1.165, 1.54) is 161 Å². The third-order valence-corrected chi connectivity index (χ3v) is 18.6. The number of esters is 4. The van der Waals surface area contributed by atoms with Crippen LogP contribution in [-0.4, -0.2) is 96.7 Å². The van der Waals surface area contributed by atoms with Crippen LogP contribution in [0.5, 0.6) is 0 Å². The molecule has 3 unspecified atom stereocenters. The minimum absolute atomic E-state index is 0.106. The van der Waals surface area contributed by atoms with E-state index in [0.717, 1.165) is 108 Å². The lowest BCUT2D eigenvalue weighted by Crippen LogP contribution is -2.30. The van der Waals surface area contributed by atoms with Crippen LogP contribution >= 0.6 is 15.6 Å². The molecule has 0 spiro atoms. The van der Waals surface area contributed by atoms with Gasteiger partial charge in [-0.05, 0) is 43.4 Å². The molecule has 0 bridgehead atoms. The highest BCUT2D eigenvalue weighted by Gasteiger charge is 2.30. The fourth-order valence-electron chi connectivity index (χ4n) is 10.7. The Labute approximate surface area is 549 Å². The van der Waals surface area contributed by atoms with Crippen LogP contribution < -0.4 is 0 Å². The Bertz CT molecular complexity index is 1770. The molecule has 0 aromatic carbocycles. The van der Waals surface area contributed by atoms with Crippen molar-refractivity contribution in [1.82, 2.24) is 0 Å². The van der Waals surface area contributed by atoms with Crippen molar-refractivity contribution in [3.63, 3.8) is 0 Å². The van der Waals surface area contributed by atoms with Gasteiger partial charge in [0.1, 0.15) is 19.3 Å². The zero-order valence-electron chi connectivity index (χ0n) is 58.6. The predicted molar refractivity (Wildman–Crippen MR) is 363 cm³/mol. The standard InChI is InChI=1S/C71H138O17P2/c1-8-10-11-12-13-14-15-20-23-32-40-47-54-70(75)88-67(59-82-69(74)53-46-39-34-27-29-36-43-50-63(5)6)61-86-90(79,80)84-57-65(72)56-83-89(77,78)85-60-66(58-81-68(73)52-45-38-31-26-25-30-37-44-51-64(7)9-2)87-71(76)55-48-41-33-24-21-18-16-17-19-22-28-35-42-49-62(3)4/h62-67,72H,8-61H2,1-7H3,(H,77,78)(H,79,80)/t64?,65-,66-,67-/m1/s1. The van der Waals surface area contributed by atoms with Crippen LogP contribution in [-0.2, 0) is 65.4 Å². The van der Waals surface area contributed by atoms with Crippen molar-refractivity contribution in [1.29, 1.82) is 0 Å². The minimum atomic E-state index is -4.95. The maximum absolute atomic E-state index is 13.0. The molecular weight excluding hydrogens is 1190 g/mol. The lowest BCUT2D eigenvalue weighted by atomic mass is 9.99. The molecule has 0 amide bonds. The SMILES string of the molecule is CCCCCCCCCCCCCCC(=O)O[C@H](COC(=O)CCCCCCCCCC(C)C)COP(=O)(O)OC[C@H](O)COP(=O)(O)OC[C@@H](COC(=O)CCCCCCCCCCC(C)CC)OC(=O)CCCCCCCCCCCCCCCC(C)C. The molecule has 0 aliphatic rings. The summed E-state index contributed by atoms with van der Waals surface area (Å²) in [6.07, 6.45) is 45.7. The van der Waals surface area contributed by atoms with E-state index >= 15 is 0 Å². The largest absolute Gasteiger partial charge is 0.472 e. The van der Waals surface area contributed by atoms with Gasteiger partial charge in [0.05, 0.1) is 26.4 Å². The summed E-state index contributed by atoms with van der Waals surface area (Å²) in [5.41, 5.74) is 0. The summed E-state index contributed by atoms with van der Waals surface area (Å²) >= 11 is 0. The molecule has 3 N–H and O–H groups in total. The maximum Gasteiger partial charge on any atom is 0.472 e. The van der Waals surface area contributed by atoms with Gasteiger partial charge in [0.2, 0.25) is 0 Å². The van der Waals surface area contributed by atoms with Crippen LogP contribution in [0.15, 0.2) is 0 Å². The fraction of sp³-hybridized carbons (Fsp3) is 0.944. The molecule has 17 nitrogen and oxygen atoms in total. The van der Waals surface area contributed by atoms with E-state index in [2.05, 4.69) is 48.5 Å². The number of carbonyl (C=O) groups is 4. The van der Waals surface area contributed by atoms with Crippen molar-refractivity contribution in [3.05, 3.63) is 0 Å². The van der Waals surface area contributed by atoms with Crippen LogP contribution in [0.2, 0.25) is 0 Å². The smallest absolute Gasteiger partial charge is 0.462 e. The van der Waals surface area contributed by atoms with E-state index < -0.39 is 97.5 Å². The molecular formula is C71H138O17P2. The Kier molecular flexibility index (Phi) is 60.6. The van der Waals surface area contributed by atoms with Crippen molar-refractivity contribution in [2.45, 2.75) is 375 Å². The van der Waals surface area contributed by atoms with Gasteiger partial charge in [-0.3, -0.25) is 37.3 Å². The van der Waals surface area contributed by atoms with E-state index in [-0.39, 0.29) is 25.7 Å². The van der Waals surface area contributed by atoms with Gasteiger partial charge in [-0.1, -0.05) is 305 Å². The summed E-state index contributed by atoms with van der Waals surface area (Å²) in [5, 5.41) is 10.6. The highest BCUT2D eigenvalue weighted by molar-refractivity contribution is 7.47. The summed E-state index contributed by atoms with van der Waals surface area (Å²) in [6, 6.07) is 0. The third-order valence-electron chi connectivity index (χ3n) is 16.7. The number of hydrogen-bond acceptors (Lipinski definition) is 15. The Hall–Kier alpha value is -1.94. The number of phosphoric ester groups is 2. The zero-order valence-corrected chi connectivity index (χ0v) is 60.4. The van der Waals surface area contributed by atoms with Gasteiger partial charge in [-0.25, -0.2) is 9.13 Å². The van der Waals surface area contributed by atoms with E-state index in [9.17, 15) is 43.2 Å². The van der Waals surface area contributed by atoms with Gasteiger partial charge in [-0.2, -0.15) is 0 Å². The van der Waals surface area contributed by atoms with Crippen LogP contribution in [0.3, 0.4) is 0 Å². The number of aliphatic hydroxyl groups excluding tert-OH is 1. The van der Waals surface area contributed by atoms with Gasteiger partial charge in [0, 0.05) is 25.7 Å². The number of ether oxygens (including phenoxy) is 4. The second-order valence-corrected chi connectivity index (χ2v) is 29.7. The van der Waals surface area contributed by atoms with E-state index in [1.807, 2.05) is 0 Å². The van der Waals surface area contributed by atoms with E-state index in [1.54, 1.807) is 0 Å². The summed E-state index contributed by atoms with van der Waals surface area (Å²) < 4.78 is 68.3. The molecule has 0 heterocycles. The van der Waals surface area contributed by atoms with Crippen LogP contribution in [0, 0.1) is 17.8 Å². The first-order valence-corrected chi connectivity index (χ1v) is 39.9. The minimum Gasteiger partial charge on any atom is -0.462 e. The molecule has 0 aromatic heterocycles. The van der Waals surface area contributed by atoms with Gasteiger partial charge < -0.3 is 33.8 Å². The normalized spacial score (nSPS) is 14.5. The summed E-state index contributed by atoms with van der Waals surface area (Å²) in [4.78, 5) is 72.6. The Morgan fingerprint density at radius 2 is 0.567 bits per heavy atom. The fourth-order valence-corrected chi connectivity index (χ4v) is 12.3. The lowest BCUT2D eigenvalue weighted by molar-refractivity contribution is -0.161. The number of phosphoric acid groups is 2. The summed E-state index contributed by atoms with van der Waals surface area (Å²) in [6.45, 7) is 11.8. The third kappa shape index (κ3) is 63.5. The second kappa shape index (κ2) is 61.9. The Balaban J connectivity index is 5.25. The molecule has 6 atom stereocenters. The Morgan fingerprint density at radius 1 is 0.322 bits per heavy atom. The molecule has 534 valence electrons. The number of unbranched alkanes of at least 4 members (excludes halogenated alkanes) is 36. The lowest BCUT2D eigenvalue weighted by Gasteiger charge is -2.21. The quantitative estimate of drug-likeness (QED) is 0.0222. The van der Waals surface area contributed by atoms with E-state index in [0.29, 0.717) is 31.6 Å². The second-order valence-electron chi connectivity index (χ2n) is 26.8. The molecule has 0 saturated heterocycles.